The van der Waals surface area contributed by atoms with Crippen molar-refractivity contribution in [1.29, 1.82) is 0 Å². The Hall–Kier alpha value is -0.800. The predicted molar refractivity (Wildman–Crippen MR) is 56.3 cm³/mol. The van der Waals surface area contributed by atoms with Crippen LogP contribution in [0.25, 0.3) is 0 Å². The van der Waals surface area contributed by atoms with Crippen LogP contribution in [0.5, 0.6) is 0 Å². The Kier molecular flexibility index (Phi) is 3.02. The van der Waals surface area contributed by atoms with Gasteiger partial charge in [-0.15, -0.1) is 0 Å². The van der Waals surface area contributed by atoms with Gasteiger partial charge < -0.3 is 0 Å². The van der Waals surface area contributed by atoms with E-state index in [4.69, 9.17) is 0 Å². The van der Waals surface area contributed by atoms with Gasteiger partial charge in [0.05, 0.1) is 0 Å². The summed E-state index contributed by atoms with van der Waals surface area (Å²) in [6, 6.07) is 0.236. The Balaban J connectivity index is 2.66. The normalized spacial score (nSPS) is 22.6. The molecule has 1 rings (SSSR count). The van der Waals surface area contributed by atoms with Crippen molar-refractivity contribution < 1.29 is 4.48 Å². The fraction of sp³-hybridized carbons (Fsp3) is 0.900. The maximum Gasteiger partial charge on any atom is 0.150 e. The zero-order chi connectivity index (χ0) is 10.9. The van der Waals surface area contributed by atoms with Crippen LogP contribution >= 0.6 is 0 Å². The lowest BCUT2D eigenvalue weighted by Gasteiger charge is -2.33. The van der Waals surface area contributed by atoms with Gasteiger partial charge >= 0.3 is 0 Å². The van der Waals surface area contributed by atoms with Gasteiger partial charge in [0.1, 0.15) is 12.5 Å². The molecule has 0 radical (unpaired) electrons. The van der Waals surface area contributed by atoms with Crippen LogP contribution in [0.1, 0.15) is 41.0 Å². The molecule has 0 bridgehead atoms. The third-order valence-corrected chi connectivity index (χ3v) is 2.21. The summed E-state index contributed by atoms with van der Waals surface area (Å²) in [6.45, 7) is 10.4. The van der Waals surface area contributed by atoms with Crippen molar-refractivity contribution in [2.24, 2.45) is 10.5 Å². The Labute approximate surface area is 85.5 Å². The van der Waals surface area contributed by atoms with Gasteiger partial charge in [-0.05, 0) is 25.7 Å². The number of rotatable bonds is 2. The molecule has 0 fully saturated rings. The lowest BCUT2D eigenvalue weighted by Crippen LogP contribution is -2.41. The molecule has 14 heavy (non-hydrogen) atoms. The van der Waals surface area contributed by atoms with Gasteiger partial charge in [0.2, 0.25) is 0 Å². The Morgan fingerprint density at radius 1 is 1.43 bits per heavy atom. The van der Waals surface area contributed by atoms with Crippen LogP contribution in [-0.4, -0.2) is 28.7 Å². The molecule has 0 amide bonds. The Bertz CT molecular complexity index is 220. The smallest absolute Gasteiger partial charge is 0.150 e. The van der Waals surface area contributed by atoms with Gasteiger partial charge in [-0.2, -0.15) is 10.2 Å². The minimum Gasteiger partial charge on any atom is -0.268 e. The number of hydrazone groups is 1. The summed E-state index contributed by atoms with van der Waals surface area (Å²) in [4.78, 5) is 0. The Morgan fingerprint density at radius 3 is 2.43 bits per heavy atom. The van der Waals surface area contributed by atoms with E-state index in [-0.39, 0.29) is 17.6 Å². The van der Waals surface area contributed by atoms with Gasteiger partial charge in [-0.3, -0.25) is 5.01 Å². The highest BCUT2D eigenvalue weighted by Crippen LogP contribution is 2.28. The third kappa shape index (κ3) is 2.59. The number of hydrogen-bond donors (Lipinski definition) is 0. The third-order valence-electron chi connectivity index (χ3n) is 2.21. The van der Waals surface area contributed by atoms with E-state index < -0.39 is 0 Å². The molecule has 0 aromatic carbocycles. The molecule has 1 aliphatic heterocycles. The van der Waals surface area contributed by atoms with E-state index in [2.05, 4.69) is 25.9 Å². The zero-order valence-electron chi connectivity index (χ0n) is 9.66. The summed E-state index contributed by atoms with van der Waals surface area (Å²) in [6.07, 6.45) is 1.79. The molecular formula is C10H20FN3. The first-order valence-corrected chi connectivity index (χ1v) is 5.08. The fourth-order valence-electron chi connectivity index (χ4n) is 1.58. The topological polar surface area (TPSA) is 18.8 Å². The summed E-state index contributed by atoms with van der Waals surface area (Å²) in [5, 5.41) is 6.55. The first-order chi connectivity index (χ1) is 6.31. The molecule has 1 aliphatic rings. The molecule has 0 saturated heterocycles. The van der Waals surface area contributed by atoms with Gasteiger partial charge in [0, 0.05) is 6.04 Å². The second-order valence-corrected chi connectivity index (χ2v) is 5.29. The van der Waals surface area contributed by atoms with Gasteiger partial charge in [-0.25, -0.2) is 0 Å². The average molecular weight is 201 g/mol. The van der Waals surface area contributed by atoms with E-state index in [0.29, 0.717) is 5.12 Å². The Morgan fingerprint density at radius 2 is 2.00 bits per heavy atom. The summed E-state index contributed by atoms with van der Waals surface area (Å²) >= 11 is 0. The van der Waals surface area contributed by atoms with Crippen LogP contribution in [0.4, 0.5) is 4.48 Å². The number of halogens is 1. The lowest BCUT2D eigenvalue weighted by atomic mass is 9.90. The fourth-order valence-corrected chi connectivity index (χ4v) is 1.58. The molecule has 0 aromatic rings. The molecule has 0 aliphatic carbocycles. The molecule has 0 saturated carbocycles. The lowest BCUT2D eigenvalue weighted by molar-refractivity contribution is -0.0292. The van der Waals surface area contributed by atoms with Crippen molar-refractivity contribution in [3.8, 4) is 0 Å². The highest BCUT2D eigenvalue weighted by molar-refractivity contribution is 5.55. The van der Waals surface area contributed by atoms with Crippen LogP contribution in [0.3, 0.4) is 0 Å². The van der Waals surface area contributed by atoms with Crippen LogP contribution in [0.2, 0.25) is 0 Å². The molecule has 1 unspecified atom stereocenters. The predicted octanol–water partition coefficient (Wildman–Crippen LogP) is 2.60. The summed E-state index contributed by atoms with van der Waals surface area (Å²) < 4.78 is 13.4. The second-order valence-electron chi connectivity index (χ2n) is 5.29. The minimum atomic E-state index is -0.241. The molecule has 4 heteroatoms. The van der Waals surface area contributed by atoms with Crippen molar-refractivity contribution in [3.63, 3.8) is 0 Å². The minimum absolute atomic E-state index is 0.107. The molecule has 82 valence electrons. The van der Waals surface area contributed by atoms with Crippen LogP contribution in [0.15, 0.2) is 5.10 Å². The number of hydrogen-bond acceptors (Lipinski definition) is 3. The van der Waals surface area contributed by atoms with Crippen molar-refractivity contribution in [2.45, 2.75) is 53.2 Å². The summed E-state index contributed by atoms with van der Waals surface area (Å²) in [7, 11) is 0. The average Bonchev–Trinajstić information content (AvgIpc) is 2.29. The highest BCUT2D eigenvalue weighted by Gasteiger charge is 2.33. The van der Waals surface area contributed by atoms with E-state index in [0.717, 1.165) is 6.42 Å². The monoisotopic (exact) mass is 201 g/mol. The second kappa shape index (κ2) is 3.75. The number of nitrogens with zero attached hydrogens (tertiary/aromatic N) is 3. The van der Waals surface area contributed by atoms with Gasteiger partial charge in [0.15, 0.2) is 0 Å². The van der Waals surface area contributed by atoms with Gasteiger partial charge in [0.25, 0.3) is 0 Å². The first-order valence-electron chi connectivity index (χ1n) is 5.08. The molecule has 0 spiro atoms. The SMILES string of the molecule is CC(C)N1N=CN(F)C1CC(C)(C)C. The quantitative estimate of drug-likeness (QED) is 0.639. The van der Waals surface area contributed by atoms with Crippen molar-refractivity contribution >= 4 is 6.34 Å². The molecule has 1 atom stereocenters. The van der Waals surface area contributed by atoms with Crippen molar-refractivity contribution in [1.82, 2.24) is 10.1 Å². The van der Waals surface area contributed by atoms with Crippen molar-refractivity contribution in [2.75, 3.05) is 0 Å². The van der Waals surface area contributed by atoms with E-state index in [1.54, 1.807) is 0 Å². The van der Waals surface area contributed by atoms with Crippen LogP contribution in [-0.2, 0) is 0 Å². The van der Waals surface area contributed by atoms with Crippen LogP contribution < -0.4 is 0 Å². The van der Waals surface area contributed by atoms with E-state index in [1.807, 2.05) is 18.9 Å². The zero-order valence-corrected chi connectivity index (χ0v) is 9.66. The summed E-state index contributed by atoms with van der Waals surface area (Å²) in [5.41, 5.74) is 0.107. The molecule has 1 heterocycles. The van der Waals surface area contributed by atoms with E-state index in [9.17, 15) is 4.48 Å². The van der Waals surface area contributed by atoms with E-state index >= 15 is 0 Å². The summed E-state index contributed by atoms with van der Waals surface area (Å²) in [5.74, 6) is 0. The molecule has 3 nitrogen and oxygen atoms in total. The largest absolute Gasteiger partial charge is 0.268 e. The molecular weight excluding hydrogens is 181 g/mol. The maximum atomic E-state index is 13.4. The van der Waals surface area contributed by atoms with Crippen molar-refractivity contribution in [3.05, 3.63) is 0 Å². The van der Waals surface area contributed by atoms with Crippen LogP contribution in [0, 0.1) is 5.41 Å². The molecule has 0 aromatic heterocycles. The standard InChI is InChI=1S/C10H20FN3/c1-8(2)14-9(6-10(3,4)5)13(11)7-12-14/h7-9H,6H2,1-5H3. The first kappa shape index (κ1) is 11.3. The highest BCUT2D eigenvalue weighted by atomic mass is 19.2. The van der Waals surface area contributed by atoms with E-state index in [1.165, 1.54) is 6.34 Å². The maximum absolute atomic E-state index is 13.4. The molecule has 0 N–H and O–H groups in total. The van der Waals surface area contributed by atoms with Gasteiger partial charge in [-0.1, -0.05) is 25.3 Å².